The Balaban J connectivity index is 0.000000211. The van der Waals surface area contributed by atoms with Gasteiger partial charge < -0.3 is 61.5 Å². The Morgan fingerprint density at radius 3 is 1.48 bits per heavy atom. The number of nitrogens with two attached hydrogens (primary N) is 1. The number of fused-ring (bicyclic) bond motifs is 6. The van der Waals surface area contributed by atoms with Gasteiger partial charge in [-0.2, -0.15) is 9.59 Å². The maximum absolute atomic E-state index is 14.0. The summed E-state index contributed by atoms with van der Waals surface area (Å²) < 4.78 is 0. The number of aliphatic hydroxyl groups is 6. The number of carbonyl (C=O) groups is 6. The van der Waals surface area contributed by atoms with Crippen LogP contribution in [0.4, 0.5) is 11.4 Å². The number of aliphatic carboxylic acids is 1. The van der Waals surface area contributed by atoms with Crippen LogP contribution >= 0.6 is 0 Å². The zero-order valence-electron chi connectivity index (χ0n) is 42.1. The summed E-state index contributed by atoms with van der Waals surface area (Å²) in [6.07, 6.45) is 0.777. The van der Waals surface area contributed by atoms with E-state index in [0.717, 1.165) is 11.4 Å². The number of phenols is 2. The summed E-state index contributed by atoms with van der Waals surface area (Å²) in [6.45, 7) is 0. The van der Waals surface area contributed by atoms with Crippen LogP contribution in [0.5, 0.6) is 11.5 Å². The number of Topliss-reactive ketones (excluding diaryl/α,β-unsaturated/α-hetero) is 4. The summed E-state index contributed by atoms with van der Waals surface area (Å²) >= 11 is 0. The fraction of sp³-hybridized carbons (Fsp3) is 0.377. The average molecular weight is 1040 g/mol. The van der Waals surface area contributed by atoms with Gasteiger partial charge in [0, 0.05) is 68.1 Å². The normalized spacial score (nSPS) is 26.6. The second kappa shape index (κ2) is 19.6. The molecule has 0 heterocycles. The van der Waals surface area contributed by atoms with E-state index in [1.807, 2.05) is 55.4 Å². The lowest BCUT2D eigenvalue weighted by Gasteiger charge is -2.50. The molecule has 22 nitrogen and oxygen atoms in total. The van der Waals surface area contributed by atoms with Crippen molar-refractivity contribution in [3.63, 3.8) is 0 Å². The highest BCUT2D eigenvalue weighted by Crippen LogP contribution is 2.56. The highest BCUT2D eigenvalue weighted by Gasteiger charge is 2.66. The predicted molar refractivity (Wildman–Crippen MR) is 266 cm³/mol. The van der Waals surface area contributed by atoms with Gasteiger partial charge in [-0.25, -0.2) is 4.79 Å². The molecule has 0 unspecified atom stereocenters. The molecule has 22 heteroatoms. The lowest BCUT2D eigenvalue weighted by Crippen LogP contribution is -2.65. The molecular formula is C53H57N5O17. The second-order valence-corrected chi connectivity index (χ2v) is 20.2. The van der Waals surface area contributed by atoms with Gasteiger partial charge in [-0.15, -0.1) is 0 Å². The van der Waals surface area contributed by atoms with E-state index >= 15 is 0 Å². The van der Waals surface area contributed by atoms with Crippen LogP contribution in [0.1, 0.15) is 35.1 Å². The lowest BCUT2D eigenvalue weighted by molar-refractivity contribution is -0.192. The summed E-state index contributed by atoms with van der Waals surface area (Å²) in [5, 5.41) is 99.0. The first-order chi connectivity index (χ1) is 35.1. The highest BCUT2D eigenvalue weighted by atomic mass is 16.4. The smallest absolute Gasteiger partial charge is 0.373 e. The Kier molecular flexibility index (Phi) is 14.3. The maximum Gasteiger partial charge on any atom is 0.373 e. The van der Waals surface area contributed by atoms with E-state index in [0.29, 0.717) is 22.3 Å². The van der Waals surface area contributed by atoms with Gasteiger partial charge in [-0.05, 0) is 101 Å². The molecule has 6 aliphatic rings. The second-order valence-electron chi connectivity index (χ2n) is 20.2. The molecular weight excluding hydrogens is 979 g/mol. The zero-order valence-corrected chi connectivity index (χ0v) is 42.1. The van der Waals surface area contributed by atoms with Gasteiger partial charge in [0.15, 0.2) is 28.5 Å². The number of aromatic hydroxyl groups is 2. The first kappa shape index (κ1) is 54.6. The zero-order chi connectivity index (χ0) is 55.8. The number of ketones is 4. The molecule has 0 aliphatic heterocycles. The number of hydrogen-bond donors (Lipinski definition) is 10. The van der Waals surface area contributed by atoms with Gasteiger partial charge in [0.05, 0.1) is 23.2 Å². The van der Waals surface area contributed by atoms with Crippen LogP contribution in [0.15, 0.2) is 82.3 Å². The third-order valence-electron chi connectivity index (χ3n) is 15.3. The summed E-state index contributed by atoms with van der Waals surface area (Å²) in [5.74, 6) is -14.1. The number of carboxylic acid groups (broad SMARTS) is 1. The first-order valence-electron chi connectivity index (χ1n) is 23.4. The number of amides is 1. The minimum absolute atomic E-state index is 0.0230. The van der Waals surface area contributed by atoms with Gasteiger partial charge in [0.1, 0.15) is 39.9 Å². The van der Waals surface area contributed by atoms with Gasteiger partial charge >= 0.3 is 12.1 Å². The SMILES string of the molecule is CN(C)c1cc(-c2ccccc2)c(O)c2c1C[C@H]1C[C@H]3[C@H](N(C)C)C(=O)C(C(N)=O)=C(O)[C@@]3(O)C(=O)C1=C2O.CN(C)c1ccc(O)c2c1C[C@H]1C[C@H]3[C@H](N(C)C)C(=O)C(C(=O)O)=C(O)[C@@]3(O)C(=O)C1=C2O.O=C=O. The molecule has 0 spiro atoms. The monoisotopic (exact) mass is 1040 g/mol. The van der Waals surface area contributed by atoms with E-state index in [-0.39, 0.29) is 65.6 Å². The first-order valence-corrected chi connectivity index (χ1v) is 23.4. The molecule has 3 aromatic rings. The number of carboxylic acids is 1. The van der Waals surface area contributed by atoms with Crippen molar-refractivity contribution < 1.29 is 84.3 Å². The number of carbonyl (C=O) groups excluding carboxylic acids is 7. The van der Waals surface area contributed by atoms with Crippen LogP contribution in [0.25, 0.3) is 22.6 Å². The molecule has 2 saturated carbocycles. The van der Waals surface area contributed by atoms with E-state index in [4.69, 9.17) is 15.3 Å². The largest absolute Gasteiger partial charge is 0.508 e. The number of rotatable bonds is 7. The van der Waals surface area contributed by atoms with Gasteiger partial charge in [0.2, 0.25) is 11.6 Å². The molecule has 2 fully saturated rings. The van der Waals surface area contributed by atoms with Crippen LogP contribution in [-0.2, 0) is 51.2 Å². The van der Waals surface area contributed by atoms with Crippen molar-refractivity contribution in [2.45, 2.75) is 49.0 Å². The van der Waals surface area contributed by atoms with Crippen molar-refractivity contribution >= 4 is 64.1 Å². The molecule has 396 valence electrons. The molecule has 0 radical (unpaired) electrons. The van der Waals surface area contributed by atoms with E-state index in [1.165, 1.54) is 30.0 Å². The third kappa shape index (κ3) is 8.21. The number of benzene rings is 3. The summed E-state index contributed by atoms with van der Waals surface area (Å²) in [7, 11) is 13.4. The highest BCUT2D eigenvalue weighted by molar-refractivity contribution is 6.25. The molecule has 11 N–H and O–H groups in total. The molecule has 1 amide bonds. The third-order valence-corrected chi connectivity index (χ3v) is 15.3. The Hall–Kier alpha value is -8.14. The molecule has 0 saturated heterocycles. The topological polar surface area (TPSA) is 358 Å². The summed E-state index contributed by atoms with van der Waals surface area (Å²) in [5.41, 5.74) is 1.69. The fourth-order valence-electron chi connectivity index (χ4n) is 12.1. The van der Waals surface area contributed by atoms with Crippen molar-refractivity contribution in [2.75, 3.05) is 66.2 Å². The van der Waals surface area contributed by atoms with Gasteiger partial charge in [-0.1, -0.05) is 30.3 Å². The van der Waals surface area contributed by atoms with E-state index < -0.39 is 116 Å². The lowest BCUT2D eigenvalue weighted by atomic mass is 9.57. The Bertz CT molecular complexity index is 3170. The molecule has 6 aliphatic carbocycles. The molecule has 8 atom stereocenters. The minimum atomic E-state index is -2.71. The number of anilines is 2. The number of primary amides is 1. The van der Waals surface area contributed by atoms with E-state index in [1.54, 1.807) is 39.2 Å². The minimum Gasteiger partial charge on any atom is -0.508 e. The van der Waals surface area contributed by atoms with Crippen LogP contribution in [-0.4, -0.2) is 177 Å². The quantitative estimate of drug-likeness (QED) is 0.151. The summed E-state index contributed by atoms with van der Waals surface area (Å²) in [6, 6.07) is 11.7. The summed E-state index contributed by atoms with van der Waals surface area (Å²) in [4.78, 5) is 101. The van der Waals surface area contributed by atoms with Crippen LogP contribution in [0.2, 0.25) is 0 Å². The Morgan fingerprint density at radius 2 is 1.05 bits per heavy atom. The van der Waals surface area contributed by atoms with Crippen LogP contribution in [0, 0.1) is 23.7 Å². The number of phenolic OH excluding ortho intramolecular Hbond substituents is 2. The molecule has 75 heavy (non-hydrogen) atoms. The van der Waals surface area contributed by atoms with Gasteiger partial charge in [-0.3, -0.25) is 33.8 Å². The standard InChI is InChI=1S/C29H31N3O7.C23H26N2O8.CO2/c1-31(2)18-12-15(13-8-6-5-7-9-13)23(33)20-16(18)10-14-11-17-22(32(3)4)25(35)21(28(30)38)27(37)29(17,39)26(36)19(14)24(20)34;1-24(2)12-5-6-13(26)15-10(12)7-9-8-11-17(25(3)4)19(28)16(22(31)32)21(30)23(11,33)20(29)14(9)18(15)27;2-1-3/h5-9,12,14,17,22,33-34,37,39H,10-11H2,1-4H3,(H2,30,38);5-6,9,11,17,26-27,30,33H,7-8H2,1-4H3,(H,31,32);/t14-,17-,22-,29-;9-,11-,17-,23-;/m00./s1. The number of nitrogens with zero attached hydrogens (tertiary/aromatic N) is 4. The maximum atomic E-state index is 14.0. The van der Waals surface area contributed by atoms with Crippen molar-refractivity contribution in [2.24, 2.45) is 29.4 Å². The van der Waals surface area contributed by atoms with Crippen molar-refractivity contribution in [1.82, 2.24) is 9.80 Å². The van der Waals surface area contributed by atoms with Crippen LogP contribution < -0.4 is 15.5 Å². The number of aliphatic hydroxyl groups excluding tert-OH is 4. The van der Waals surface area contributed by atoms with Crippen molar-refractivity contribution in [3.05, 3.63) is 105 Å². The van der Waals surface area contributed by atoms with E-state index in [9.17, 15) is 74.7 Å². The molecule has 0 bridgehead atoms. The predicted octanol–water partition coefficient (Wildman–Crippen LogP) is 1.74. The van der Waals surface area contributed by atoms with E-state index in [2.05, 4.69) is 0 Å². The fourth-order valence-corrected chi connectivity index (χ4v) is 12.1. The Labute approximate surface area is 428 Å². The van der Waals surface area contributed by atoms with Crippen molar-refractivity contribution in [1.29, 1.82) is 0 Å². The van der Waals surface area contributed by atoms with Gasteiger partial charge in [0.25, 0.3) is 5.91 Å². The molecule has 3 aromatic carbocycles. The molecule has 0 aromatic heterocycles. The van der Waals surface area contributed by atoms with Crippen molar-refractivity contribution in [3.8, 4) is 22.6 Å². The Morgan fingerprint density at radius 1 is 0.627 bits per heavy atom. The average Bonchev–Trinajstić information content (AvgIpc) is 3.32. The number of hydrogen-bond acceptors (Lipinski definition) is 20. The van der Waals surface area contributed by atoms with Crippen LogP contribution in [0.3, 0.4) is 0 Å². The number of likely N-dealkylation sites (N-methyl/N-ethyl adjacent to an activating group) is 2. The molecule has 9 rings (SSSR count).